The summed E-state index contributed by atoms with van der Waals surface area (Å²) in [5, 5.41) is 5.71. The molecule has 1 N–H and O–H groups in total. The van der Waals surface area contributed by atoms with Gasteiger partial charge in [0.2, 0.25) is 5.91 Å². The fraction of sp³-hybridized carbons (Fsp3) is 0.136. The van der Waals surface area contributed by atoms with Gasteiger partial charge in [-0.05, 0) is 41.8 Å². The van der Waals surface area contributed by atoms with Gasteiger partial charge in [0.05, 0.1) is 17.7 Å². The Morgan fingerprint density at radius 2 is 2.00 bits per heavy atom. The summed E-state index contributed by atoms with van der Waals surface area (Å²) in [6.45, 7) is 0.530. The molecule has 4 nitrogen and oxygen atoms in total. The van der Waals surface area contributed by atoms with Crippen molar-refractivity contribution < 1.29 is 13.9 Å². The van der Waals surface area contributed by atoms with Gasteiger partial charge in [-0.3, -0.25) is 4.79 Å². The van der Waals surface area contributed by atoms with E-state index in [1.807, 2.05) is 52.4 Å². The van der Waals surface area contributed by atoms with Crippen molar-refractivity contribution in [2.24, 2.45) is 0 Å². The van der Waals surface area contributed by atoms with Crippen LogP contribution in [0.3, 0.4) is 0 Å². The zero-order valence-corrected chi connectivity index (χ0v) is 16.1. The van der Waals surface area contributed by atoms with E-state index in [0.29, 0.717) is 6.54 Å². The Morgan fingerprint density at radius 3 is 2.79 bits per heavy atom. The van der Waals surface area contributed by atoms with Crippen LogP contribution in [0.1, 0.15) is 5.56 Å². The Labute approximate surface area is 166 Å². The Morgan fingerprint density at radius 1 is 1.14 bits per heavy atom. The molecule has 0 unspecified atom stereocenters. The first-order valence-corrected chi connectivity index (χ1v) is 9.75. The number of methoxy groups -OCH3 is 1. The molecule has 1 amide bonds. The highest BCUT2D eigenvalue weighted by Gasteiger charge is 2.15. The average Bonchev–Trinajstić information content (AvgIpc) is 3.34. The van der Waals surface area contributed by atoms with Crippen LogP contribution in [0, 0.1) is 5.82 Å². The third-order valence-corrected chi connectivity index (χ3v) is 5.50. The summed E-state index contributed by atoms with van der Waals surface area (Å²) >= 11 is 1.59. The minimum Gasteiger partial charge on any atom is -0.496 e. The number of hydrogen-bond acceptors (Lipinski definition) is 3. The van der Waals surface area contributed by atoms with E-state index in [1.54, 1.807) is 24.5 Å². The first kappa shape index (κ1) is 18.3. The number of amides is 1. The molecular weight excluding hydrogens is 375 g/mol. The highest BCUT2D eigenvalue weighted by molar-refractivity contribution is 7.13. The van der Waals surface area contributed by atoms with Gasteiger partial charge in [0.1, 0.15) is 18.1 Å². The molecule has 0 aliphatic carbocycles. The lowest BCUT2D eigenvalue weighted by atomic mass is 10.2. The number of fused-ring (bicyclic) bond motifs is 1. The molecule has 28 heavy (non-hydrogen) atoms. The van der Waals surface area contributed by atoms with Gasteiger partial charge < -0.3 is 14.6 Å². The molecular formula is C22H19FN2O2S. The predicted octanol–water partition coefficient (Wildman–Crippen LogP) is 4.83. The van der Waals surface area contributed by atoms with Gasteiger partial charge in [0.15, 0.2) is 0 Å². The maximum absolute atomic E-state index is 13.7. The first-order chi connectivity index (χ1) is 13.7. The van der Waals surface area contributed by atoms with Crippen LogP contribution in [0.15, 0.2) is 66.0 Å². The summed E-state index contributed by atoms with van der Waals surface area (Å²) in [6.07, 6.45) is 0. The van der Waals surface area contributed by atoms with Gasteiger partial charge in [-0.1, -0.05) is 24.3 Å². The van der Waals surface area contributed by atoms with E-state index < -0.39 is 0 Å². The van der Waals surface area contributed by atoms with Crippen LogP contribution >= 0.6 is 11.3 Å². The minimum absolute atomic E-state index is 0.120. The number of nitrogens with zero attached hydrogens (tertiary/aromatic N) is 1. The summed E-state index contributed by atoms with van der Waals surface area (Å²) < 4.78 is 20.9. The zero-order valence-electron chi connectivity index (χ0n) is 15.3. The lowest BCUT2D eigenvalue weighted by Crippen LogP contribution is -2.27. The third kappa shape index (κ3) is 3.64. The third-order valence-electron chi connectivity index (χ3n) is 4.61. The Kier molecular flexibility index (Phi) is 5.12. The summed E-state index contributed by atoms with van der Waals surface area (Å²) in [6, 6.07) is 18.1. The van der Waals surface area contributed by atoms with Crippen LogP contribution in [0.4, 0.5) is 4.39 Å². The maximum atomic E-state index is 13.7. The lowest BCUT2D eigenvalue weighted by Gasteiger charge is -2.12. The normalized spacial score (nSPS) is 10.9. The number of carbonyl (C=O) groups is 1. The monoisotopic (exact) mass is 394 g/mol. The van der Waals surface area contributed by atoms with Crippen molar-refractivity contribution in [3.8, 4) is 16.3 Å². The van der Waals surface area contributed by atoms with Crippen molar-refractivity contribution >= 4 is 28.1 Å². The second-order valence-corrected chi connectivity index (χ2v) is 7.33. The van der Waals surface area contributed by atoms with Crippen molar-refractivity contribution in [2.45, 2.75) is 13.1 Å². The molecule has 142 valence electrons. The molecule has 0 aliphatic rings. The summed E-state index contributed by atoms with van der Waals surface area (Å²) in [7, 11) is 1.61. The molecule has 0 aliphatic heterocycles. The Balaban J connectivity index is 1.60. The molecule has 0 saturated carbocycles. The van der Waals surface area contributed by atoms with Crippen LogP contribution in [0.2, 0.25) is 0 Å². The number of ether oxygens (including phenoxy) is 1. The van der Waals surface area contributed by atoms with Crippen molar-refractivity contribution in [1.29, 1.82) is 0 Å². The van der Waals surface area contributed by atoms with Gasteiger partial charge >= 0.3 is 0 Å². The molecule has 0 bridgehead atoms. The van der Waals surface area contributed by atoms with Crippen molar-refractivity contribution in [3.63, 3.8) is 0 Å². The van der Waals surface area contributed by atoms with Gasteiger partial charge in [-0.25, -0.2) is 4.39 Å². The van der Waals surface area contributed by atoms with E-state index in [2.05, 4.69) is 5.32 Å². The summed E-state index contributed by atoms with van der Waals surface area (Å²) in [5.74, 6) is 0.331. The molecule has 2 aromatic heterocycles. The van der Waals surface area contributed by atoms with Crippen molar-refractivity contribution in [1.82, 2.24) is 9.88 Å². The van der Waals surface area contributed by atoms with Crippen molar-refractivity contribution in [3.05, 3.63) is 77.4 Å². The standard InChI is InChI=1S/C22H19FN2O2S/c1-27-20-6-3-2-5-15(20)13-24-22(26)14-25-18-9-8-17(23)11-16(18)12-19(25)21-7-4-10-28-21/h2-12H,13-14H2,1H3,(H,24,26). The highest BCUT2D eigenvalue weighted by Crippen LogP contribution is 2.31. The molecule has 6 heteroatoms. The number of halogens is 1. The molecule has 2 heterocycles. The smallest absolute Gasteiger partial charge is 0.240 e. The Bertz CT molecular complexity index is 1120. The van der Waals surface area contributed by atoms with Gasteiger partial charge in [0, 0.05) is 23.0 Å². The topological polar surface area (TPSA) is 43.3 Å². The average molecular weight is 394 g/mol. The van der Waals surface area contributed by atoms with E-state index in [9.17, 15) is 9.18 Å². The van der Waals surface area contributed by atoms with Crippen LogP contribution in [-0.4, -0.2) is 17.6 Å². The fourth-order valence-corrected chi connectivity index (χ4v) is 4.03. The van der Waals surface area contributed by atoms with Crippen LogP contribution < -0.4 is 10.1 Å². The van der Waals surface area contributed by atoms with Crippen LogP contribution in [-0.2, 0) is 17.9 Å². The second kappa shape index (κ2) is 7.86. The minimum atomic E-state index is -0.289. The molecule has 0 atom stereocenters. The molecule has 0 spiro atoms. The van der Waals surface area contributed by atoms with Crippen LogP contribution in [0.5, 0.6) is 5.75 Å². The van der Waals surface area contributed by atoms with E-state index in [0.717, 1.165) is 32.8 Å². The molecule has 0 fully saturated rings. The number of aromatic nitrogens is 1. The molecule has 4 aromatic rings. The van der Waals surface area contributed by atoms with Gasteiger partial charge in [0.25, 0.3) is 0 Å². The van der Waals surface area contributed by atoms with E-state index >= 15 is 0 Å². The van der Waals surface area contributed by atoms with Gasteiger partial charge in [-0.15, -0.1) is 11.3 Å². The number of thiophene rings is 1. The van der Waals surface area contributed by atoms with Crippen molar-refractivity contribution in [2.75, 3.05) is 7.11 Å². The molecule has 0 radical (unpaired) electrons. The number of rotatable bonds is 6. The number of nitrogens with one attached hydrogen (secondary N) is 1. The zero-order chi connectivity index (χ0) is 19.5. The molecule has 2 aromatic carbocycles. The highest BCUT2D eigenvalue weighted by atomic mass is 32.1. The Hall–Kier alpha value is -3.12. The summed E-state index contributed by atoms with van der Waals surface area (Å²) in [4.78, 5) is 13.7. The van der Waals surface area contributed by atoms with Gasteiger partial charge in [-0.2, -0.15) is 0 Å². The molecule has 0 saturated heterocycles. The lowest BCUT2D eigenvalue weighted by molar-refractivity contribution is -0.121. The maximum Gasteiger partial charge on any atom is 0.240 e. The van der Waals surface area contributed by atoms with E-state index in [1.165, 1.54) is 12.1 Å². The van der Waals surface area contributed by atoms with E-state index in [-0.39, 0.29) is 18.3 Å². The van der Waals surface area contributed by atoms with E-state index in [4.69, 9.17) is 4.74 Å². The first-order valence-electron chi connectivity index (χ1n) is 8.87. The number of hydrogen-bond donors (Lipinski definition) is 1. The number of benzene rings is 2. The molecule has 4 rings (SSSR count). The van der Waals surface area contributed by atoms with Crippen LogP contribution in [0.25, 0.3) is 21.5 Å². The second-order valence-electron chi connectivity index (χ2n) is 6.38. The quantitative estimate of drug-likeness (QED) is 0.509. The summed E-state index contributed by atoms with van der Waals surface area (Å²) in [5.41, 5.74) is 2.65. The predicted molar refractivity (Wildman–Crippen MR) is 110 cm³/mol. The number of carbonyl (C=O) groups excluding carboxylic acids is 1. The largest absolute Gasteiger partial charge is 0.496 e. The fourth-order valence-electron chi connectivity index (χ4n) is 3.28. The number of para-hydroxylation sites is 1. The SMILES string of the molecule is COc1ccccc1CNC(=O)Cn1c(-c2cccs2)cc2cc(F)ccc21.